The number of fused-ring (bicyclic) bond motifs is 1. The van der Waals surface area contributed by atoms with Crippen molar-refractivity contribution < 1.29 is 9.53 Å². The van der Waals surface area contributed by atoms with E-state index in [4.69, 9.17) is 11.2 Å². The van der Waals surface area contributed by atoms with Crippen LogP contribution in [0.5, 0.6) is 0 Å². The number of rotatable bonds is 5. The fourth-order valence-electron chi connectivity index (χ4n) is 2.07. The highest BCUT2D eigenvalue weighted by Gasteiger charge is 2.23. The van der Waals surface area contributed by atoms with Gasteiger partial charge in [-0.15, -0.1) is 6.42 Å². The van der Waals surface area contributed by atoms with Crippen LogP contribution in [0.4, 0.5) is 0 Å². The summed E-state index contributed by atoms with van der Waals surface area (Å²) in [6, 6.07) is 8.92. The average Bonchev–Trinajstić information content (AvgIpc) is 2.48. The van der Waals surface area contributed by atoms with Crippen LogP contribution in [0, 0.1) is 12.3 Å². The zero-order valence-electron chi connectivity index (χ0n) is 11.3. The first-order chi connectivity index (χ1) is 9.77. The molecule has 2 aromatic rings. The maximum Gasteiger partial charge on any atom is 0.327 e. The Kier molecular flexibility index (Phi) is 4.70. The molecule has 0 spiro atoms. The molecule has 20 heavy (non-hydrogen) atoms. The number of esters is 1. The Balaban J connectivity index is 2.45. The quantitative estimate of drug-likeness (QED) is 0.666. The Labute approximate surface area is 118 Å². The minimum Gasteiger partial charge on any atom is -0.465 e. The van der Waals surface area contributed by atoms with E-state index < -0.39 is 6.04 Å². The summed E-state index contributed by atoms with van der Waals surface area (Å²) < 4.78 is 5.11. The smallest absolute Gasteiger partial charge is 0.327 e. The molecule has 0 amide bonds. The molecule has 1 N–H and O–H groups in total. The molecule has 0 aliphatic carbocycles. The number of terminal acetylenes is 1. The highest BCUT2D eigenvalue weighted by Crippen LogP contribution is 2.23. The summed E-state index contributed by atoms with van der Waals surface area (Å²) in [5, 5.41) is 3.99. The third kappa shape index (κ3) is 2.95. The molecule has 2 rings (SSSR count). The lowest BCUT2D eigenvalue weighted by Crippen LogP contribution is -2.30. The van der Waals surface area contributed by atoms with Gasteiger partial charge in [0, 0.05) is 17.1 Å². The Hall–Kier alpha value is -2.38. The number of hydrogen-bond donors (Lipinski definition) is 1. The van der Waals surface area contributed by atoms with Gasteiger partial charge >= 0.3 is 5.97 Å². The van der Waals surface area contributed by atoms with Crippen molar-refractivity contribution in [3.05, 3.63) is 42.1 Å². The van der Waals surface area contributed by atoms with Crippen molar-refractivity contribution in [1.29, 1.82) is 0 Å². The molecule has 0 saturated heterocycles. The largest absolute Gasteiger partial charge is 0.465 e. The highest BCUT2D eigenvalue weighted by atomic mass is 16.5. The van der Waals surface area contributed by atoms with Crippen molar-refractivity contribution in [1.82, 2.24) is 10.3 Å². The maximum absolute atomic E-state index is 12.1. The van der Waals surface area contributed by atoms with Gasteiger partial charge < -0.3 is 4.74 Å². The number of hydrogen-bond acceptors (Lipinski definition) is 4. The van der Waals surface area contributed by atoms with Crippen LogP contribution in [0.2, 0.25) is 0 Å². The summed E-state index contributed by atoms with van der Waals surface area (Å²) in [4.78, 5) is 16.5. The van der Waals surface area contributed by atoms with Crippen LogP contribution in [0.25, 0.3) is 10.9 Å². The first-order valence-electron chi connectivity index (χ1n) is 6.45. The molecule has 0 saturated carbocycles. The van der Waals surface area contributed by atoms with Gasteiger partial charge in [0.1, 0.15) is 6.04 Å². The van der Waals surface area contributed by atoms with Crippen molar-refractivity contribution >= 4 is 16.9 Å². The minimum atomic E-state index is -0.607. The topological polar surface area (TPSA) is 51.2 Å². The lowest BCUT2D eigenvalue weighted by molar-refractivity contribution is -0.145. The van der Waals surface area contributed by atoms with Crippen molar-refractivity contribution in [3.8, 4) is 12.3 Å². The Bertz CT molecular complexity index is 641. The third-order valence-corrected chi connectivity index (χ3v) is 2.91. The van der Waals surface area contributed by atoms with Gasteiger partial charge in [-0.1, -0.05) is 30.2 Å². The molecule has 4 nitrogen and oxygen atoms in total. The number of ether oxygens (including phenoxy) is 1. The monoisotopic (exact) mass is 268 g/mol. The molecule has 0 aliphatic rings. The summed E-state index contributed by atoms with van der Waals surface area (Å²) in [5.41, 5.74) is 1.55. The van der Waals surface area contributed by atoms with Gasteiger partial charge in [0.05, 0.1) is 18.7 Å². The first kappa shape index (κ1) is 14.0. The van der Waals surface area contributed by atoms with Gasteiger partial charge in [-0.3, -0.25) is 10.3 Å². The van der Waals surface area contributed by atoms with E-state index in [-0.39, 0.29) is 12.5 Å². The second-order valence-corrected chi connectivity index (χ2v) is 4.19. The fraction of sp³-hybridized carbons (Fsp3) is 0.250. The van der Waals surface area contributed by atoms with Crippen molar-refractivity contribution in [2.75, 3.05) is 13.2 Å². The normalized spacial score (nSPS) is 11.8. The van der Waals surface area contributed by atoms with Crippen molar-refractivity contribution in [2.45, 2.75) is 13.0 Å². The second-order valence-electron chi connectivity index (χ2n) is 4.19. The van der Waals surface area contributed by atoms with Crippen LogP contribution >= 0.6 is 0 Å². The van der Waals surface area contributed by atoms with Crippen LogP contribution in [-0.4, -0.2) is 24.1 Å². The number of aromatic nitrogens is 1. The highest BCUT2D eigenvalue weighted by molar-refractivity contribution is 5.88. The number of nitrogens with zero attached hydrogens (tertiary/aromatic N) is 1. The van der Waals surface area contributed by atoms with Gasteiger partial charge in [0.25, 0.3) is 0 Å². The molecule has 1 aromatic heterocycles. The molecular weight excluding hydrogens is 252 g/mol. The number of para-hydroxylation sites is 1. The number of pyridine rings is 1. The molecule has 1 aromatic carbocycles. The van der Waals surface area contributed by atoms with E-state index in [0.29, 0.717) is 6.61 Å². The molecule has 1 atom stereocenters. The van der Waals surface area contributed by atoms with E-state index in [1.807, 2.05) is 30.3 Å². The lowest BCUT2D eigenvalue weighted by Gasteiger charge is -2.17. The van der Waals surface area contributed by atoms with Gasteiger partial charge in [-0.2, -0.15) is 0 Å². The van der Waals surface area contributed by atoms with Crippen LogP contribution in [0.15, 0.2) is 36.5 Å². The van der Waals surface area contributed by atoms with Crippen LogP contribution in [0.3, 0.4) is 0 Å². The minimum absolute atomic E-state index is 0.284. The van der Waals surface area contributed by atoms with E-state index in [9.17, 15) is 4.79 Å². The molecule has 0 aliphatic heterocycles. The van der Waals surface area contributed by atoms with Gasteiger partial charge in [0.15, 0.2) is 0 Å². The zero-order valence-corrected chi connectivity index (χ0v) is 11.3. The molecule has 0 fully saturated rings. The Morgan fingerprint density at radius 2 is 2.25 bits per heavy atom. The average molecular weight is 268 g/mol. The summed E-state index contributed by atoms with van der Waals surface area (Å²) in [7, 11) is 0. The van der Waals surface area contributed by atoms with Crippen LogP contribution in [0.1, 0.15) is 18.5 Å². The van der Waals surface area contributed by atoms with Crippen molar-refractivity contribution in [2.24, 2.45) is 0 Å². The Morgan fingerprint density at radius 3 is 3.00 bits per heavy atom. The summed E-state index contributed by atoms with van der Waals surface area (Å²) in [6.45, 7) is 2.38. The summed E-state index contributed by atoms with van der Waals surface area (Å²) >= 11 is 0. The van der Waals surface area contributed by atoms with E-state index in [0.717, 1.165) is 16.5 Å². The molecular formula is C16H16N2O2. The van der Waals surface area contributed by atoms with E-state index in [1.54, 1.807) is 13.1 Å². The third-order valence-electron chi connectivity index (χ3n) is 2.91. The van der Waals surface area contributed by atoms with E-state index in [1.165, 1.54) is 0 Å². The molecule has 4 heteroatoms. The van der Waals surface area contributed by atoms with Crippen LogP contribution < -0.4 is 5.32 Å². The summed E-state index contributed by atoms with van der Waals surface area (Å²) in [5.74, 6) is 2.13. The zero-order chi connectivity index (χ0) is 14.4. The Morgan fingerprint density at radius 1 is 1.45 bits per heavy atom. The van der Waals surface area contributed by atoms with Gasteiger partial charge in [-0.05, 0) is 13.0 Å². The SMILES string of the molecule is C#CCNC(C(=O)OCC)c1cccc2cccnc12. The van der Waals surface area contributed by atoms with Crippen molar-refractivity contribution in [3.63, 3.8) is 0 Å². The van der Waals surface area contributed by atoms with Gasteiger partial charge in [0.2, 0.25) is 0 Å². The number of carbonyl (C=O) groups excluding carboxylic acids is 1. The maximum atomic E-state index is 12.1. The molecule has 0 radical (unpaired) electrons. The van der Waals surface area contributed by atoms with Crippen LogP contribution in [-0.2, 0) is 9.53 Å². The predicted molar refractivity (Wildman–Crippen MR) is 78.0 cm³/mol. The number of benzene rings is 1. The predicted octanol–water partition coefficient (Wildman–Crippen LogP) is 2.06. The lowest BCUT2D eigenvalue weighted by atomic mass is 10.0. The standard InChI is InChI=1S/C16H16N2O2/c1-3-10-17-15(16(19)20-4-2)13-9-5-7-12-8-6-11-18-14(12)13/h1,5-9,11,15,17H,4,10H2,2H3. The summed E-state index contributed by atoms with van der Waals surface area (Å²) in [6.07, 6.45) is 6.97. The molecule has 102 valence electrons. The second kappa shape index (κ2) is 6.69. The number of carbonyl (C=O) groups is 1. The molecule has 1 unspecified atom stereocenters. The first-order valence-corrected chi connectivity index (χ1v) is 6.45. The van der Waals surface area contributed by atoms with E-state index in [2.05, 4.69) is 16.2 Å². The van der Waals surface area contributed by atoms with Gasteiger partial charge in [-0.25, -0.2) is 4.79 Å². The number of nitrogens with one attached hydrogen (secondary N) is 1. The molecule has 1 heterocycles. The fourth-order valence-corrected chi connectivity index (χ4v) is 2.07. The van der Waals surface area contributed by atoms with E-state index >= 15 is 0 Å². The molecule has 0 bridgehead atoms.